The van der Waals surface area contributed by atoms with E-state index in [0.29, 0.717) is 28.1 Å². The Bertz CT molecular complexity index is 1260. The highest BCUT2D eigenvalue weighted by Gasteiger charge is 2.14. The van der Waals surface area contributed by atoms with E-state index in [1.807, 2.05) is 25.1 Å². The summed E-state index contributed by atoms with van der Waals surface area (Å²) in [5.74, 6) is 0.450. The number of phenolic OH excluding ortho intramolecular Hbond substituents is 1. The van der Waals surface area contributed by atoms with Gasteiger partial charge in [-0.15, -0.1) is 0 Å². The lowest BCUT2D eigenvalue weighted by Crippen LogP contribution is -2.32. The van der Waals surface area contributed by atoms with Gasteiger partial charge in [-0.3, -0.25) is 10.1 Å². The molecule has 0 spiro atoms. The minimum Gasteiger partial charge on any atom is -0.507 e. The molecule has 0 saturated carbocycles. The molecule has 150 valence electrons. The number of aromatic hydroxyl groups is 1. The van der Waals surface area contributed by atoms with Gasteiger partial charge >= 0.3 is 0 Å². The molecular weight excluding hydrogens is 402 g/mol. The molecule has 2 aromatic carbocycles. The van der Waals surface area contributed by atoms with E-state index in [9.17, 15) is 9.90 Å². The average molecular weight is 419 g/mol. The topological polar surface area (TPSA) is 101 Å². The van der Waals surface area contributed by atoms with Gasteiger partial charge in [-0.2, -0.15) is 0 Å². The van der Waals surface area contributed by atoms with E-state index >= 15 is 0 Å². The number of carbonyl (C=O) groups excluding carboxylic acids is 1. The fourth-order valence-corrected chi connectivity index (χ4v) is 3.01. The molecule has 2 heterocycles. The molecular formula is C22H17N3O4S. The minimum atomic E-state index is -0.405. The van der Waals surface area contributed by atoms with E-state index in [-0.39, 0.29) is 16.8 Å². The van der Waals surface area contributed by atoms with Crippen LogP contribution in [-0.2, 0) is 4.79 Å². The lowest BCUT2D eigenvalue weighted by atomic mass is 10.1. The molecule has 7 nitrogen and oxygen atoms in total. The number of hydrogen-bond acceptors (Lipinski definition) is 6. The van der Waals surface area contributed by atoms with Crippen molar-refractivity contribution in [3.05, 3.63) is 72.2 Å². The van der Waals surface area contributed by atoms with Gasteiger partial charge in [-0.1, -0.05) is 6.07 Å². The largest absolute Gasteiger partial charge is 0.507 e. The van der Waals surface area contributed by atoms with Crippen molar-refractivity contribution in [3.8, 4) is 17.2 Å². The lowest BCUT2D eigenvalue weighted by molar-refractivity contribution is -0.115. The van der Waals surface area contributed by atoms with Crippen LogP contribution in [0, 0.1) is 6.92 Å². The van der Waals surface area contributed by atoms with E-state index in [0.717, 1.165) is 5.56 Å². The summed E-state index contributed by atoms with van der Waals surface area (Å²) in [5, 5.41) is 15.8. The van der Waals surface area contributed by atoms with Crippen LogP contribution in [-0.4, -0.2) is 21.1 Å². The number of carbonyl (C=O) groups is 1. The van der Waals surface area contributed by atoms with Crippen LogP contribution in [0.2, 0.25) is 0 Å². The summed E-state index contributed by atoms with van der Waals surface area (Å²) in [5.41, 5.74) is 3.34. The van der Waals surface area contributed by atoms with Gasteiger partial charge in [0.2, 0.25) is 11.8 Å². The maximum absolute atomic E-state index is 12.0. The van der Waals surface area contributed by atoms with E-state index in [2.05, 4.69) is 15.6 Å². The number of nitrogens with one attached hydrogen (secondary N) is 2. The van der Waals surface area contributed by atoms with Crippen molar-refractivity contribution < 1.29 is 18.7 Å². The Morgan fingerprint density at radius 2 is 2.07 bits per heavy atom. The molecule has 2 aromatic heterocycles. The molecule has 0 fully saturated rings. The molecule has 0 aliphatic heterocycles. The molecule has 4 aromatic rings. The molecule has 0 aliphatic rings. The number of amides is 1. The van der Waals surface area contributed by atoms with Crippen LogP contribution < -0.4 is 10.6 Å². The van der Waals surface area contributed by atoms with Crippen LogP contribution in [0.5, 0.6) is 5.75 Å². The van der Waals surface area contributed by atoms with E-state index in [1.54, 1.807) is 24.3 Å². The maximum Gasteiger partial charge on any atom is 0.250 e. The van der Waals surface area contributed by atoms with Crippen LogP contribution in [0.4, 0.5) is 5.69 Å². The summed E-state index contributed by atoms with van der Waals surface area (Å²) >= 11 is 5.18. The summed E-state index contributed by atoms with van der Waals surface area (Å²) in [4.78, 5) is 16.4. The van der Waals surface area contributed by atoms with Gasteiger partial charge in [0.1, 0.15) is 17.0 Å². The summed E-state index contributed by atoms with van der Waals surface area (Å²) in [6, 6.07) is 13.9. The SMILES string of the molecule is Cc1ccc2nc(-c3cc(NC(=S)NC(=O)/C=C/c4ccco4)ccc3O)oc2c1. The van der Waals surface area contributed by atoms with Crippen molar-refractivity contribution in [1.82, 2.24) is 10.3 Å². The Hall–Kier alpha value is -3.91. The Balaban J connectivity index is 1.48. The second-order valence-electron chi connectivity index (χ2n) is 6.51. The normalized spacial score (nSPS) is 11.1. The van der Waals surface area contributed by atoms with Crippen LogP contribution in [0.3, 0.4) is 0 Å². The number of thiocarbonyl (C=S) groups is 1. The Morgan fingerprint density at radius 3 is 2.87 bits per heavy atom. The number of oxazole rings is 1. The zero-order valence-electron chi connectivity index (χ0n) is 15.9. The Kier molecular flexibility index (Phi) is 5.32. The first-order chi connectivity index (χ1) is 14.5. The van der Waals surface area contributed by atoms with Gasteiger partial charge in [0.05, 0.1) is 11.8 Å². The number of hydrogen-bond donors (Lipinski definition) is 3. The van der Waals surface area contributed by atoms with E-state index < -0.39 is 5.91 Å². The maximum atomic E-state index is 12.0. The van der Waals surface area contributed by atoms with Gasteiger partial charge < -0.3 is 19.3 Å². The van der Waals surface area contributed by atoms with Crippen molar-refractivity contribution in [2.45, 2.75) is 6.92 Å². The Labute approximate surface area is 177 Å². The molecule has 30 heavy (non-hydrogen) atoms. The van der Waals surface area contributed by atoms with Crippen molar-refractivity contribution in [2.75, 3.05) is 5.32 Å². The molecule has 8 heteroatoms. The number of fused-ring (bicyclic) bond motifs is 1. The van der Waals surface area contributed by atoms with E-state index in [1.165, 1.54) is 24.5 Å². The monoisotopic (exact) mass is 419 g/mol. The Morgan fingerprint density at radius 1 is 1.20 bits per heavy atom. The fraction of sp³-hybridized carbons (Fsp3) is 0.0455. The zero-order chi connectivity index (χ0) is 21.1. The molecule has 0 radical (unpaired) electrons. The highest BCUT2D eigenvalue weighted by atomic mass is 32.1. The second kappa shape index (κ2) is 8.22. The van der Waals surface area contributed by atoms with Crippen molar-refractivity contribution >= 4 is 46.1 Å². The number of rotatable bonds is 4. The molecule has 1 amide bonds. The lowest BCUT2D eigenvalue weighted by Gasteiger charge is -2.09. The summed E-state index contributed by atoms with van der Waals surface area (Å²) in [6.45, 7) is 1.96. The molecule has 0 bridgehead atoms. The third kappa shape index (κ3) is 4.39. The first-order valence-electron chi connectivity index (χ1n) is 9.02. The van der Waals surface area contributed by atoms with Gasteiger partial charge in [0.25, 0.3) is 0 Å². The highest BCUT2D eigenvalue weighted by Crippen LogP contribution is 2.33. The van der Waals surface area contributed by atoms with Crippen LogP contribution in [0.1, 0.15) is 11.3 Å². The van der Waals surface area contributed by atoms with Crippen molar-refractivity contribution in [2.24, 2.45) is 0 Å². The number of nitrogens with zero attached hydrogens (tertiary/aromatic N) is 1. The average Bonchev–Trinajstić information content (AvgIpc) is 3.37. The summed E-state index contributed by atoms with van der Waals surface area (Å²) in [7, 11) is 0. The standard InChI is InChI=1S/C22H17N3O4S/c1-13-4-7-17-19(11-13)29-21(24-17)16-12-14(5-8-18(16)26)23-22(30)25-20(27)9-6-15-3-2-10-28-15/h2-12,26H,1H3,(H2,23,25,27,30)/b9-6+. The quantitative estimate of drug-likeness (QED) is 0.252. The highest BCUT2D eigenvalue weighted by molar-refractivity contribution is 7.80. The second-order valence-corrected chi connectivity index (χ2v) is 6.92. The van der Waals surface area contributed by atoms with Crippen LogP contribution in [0.15, 0.2) is 69.7 Å². The van der Waals surface area contributed by atoms with Crippen molar-refractivity contribution in [3.63, 3.8) is 0 Å². The number of aromatic nitrogens is 1. The van der Waals surface area contributed by atoms with Crippen LogP contribution in [0.25, 0.3) is 28.6 Å². The number of aryl methyl sites for hydroxylation is 1. The third-order valence-corrected chi connectivity index (χ3v) is 4.41. The number of phenols is 1. The fourth-order valence-electron chi connectivity index (χ4n) is 2.79. The third-order valence-electron chi connectivity index (χ3n) is 4.21. The summed E-state index contributed by atoms with van der Waals surface area (Å²) in [6.07, 6.45) is 4.37. The number of anilines is 1. The minimum absolute atomic E-state index is 0.0140. The van der Waals surface area contributed by atoms with Crippen LogP contribution >= 0.6 is 12.2 Å². The smallest absolute Gasteiger partial charge is 0.250 e. The van der Waals surface area contributed by atoms with Gasteiger partial charge in [0.15, 0.2) is 10.7 Å². The molecule has 4 rings (SSSR count). The van der Waals surface area contributed by atoms with Gasteiger partial charge in [-0.05, 0) is 73.2 Å². The predicted molar refractivity (Wildman–Crippen MR) is 118 cm³/mol. The first kappa shape index (κ1) is 19.4. The molecule has 0 atom stereocenters. The molecule has 0 aliphatic carbocycles. The molecule has 0 saturated heterocycles. The molecule has 0 unspecified atom stereocenters. The van der Waals surface area contributed by atoms with Gasteiger partial charge in [-0.25, -0.2) is 4.98 Å². The first-order valence-corrected chi connectivity index (χ1v) is 9.43. The molecule has 3 N–H and O–H groups in total. The van der Waals surface area contributed by atoms with E-state index in [4.69, 9.17) is 21.1 Å². The number of benzene rings is 2. The zero-order valence-corrected chi connectivity index (χ0v) is 16.7. The van der Waals surface area contributed by atoms with Crippen molar-refractivity contribution in [1.29, 1.82) is 0 Å². The number of furan rings is 1. The van der Waals surface area contributed by atoms with Gasteiger partial charge in [0, 0.05) is 11.8 Å². The predicted octanol–water partition coefficient (Wildman–Crippen LogP) is 4.63. The summed E-state index contributed by atoms with van der Waals surface area (Å²) < 4.78 is 10.9.